The average Bonchev–Trinajstić information content (AvgIpc) is 2.24. The van der Waals surface area contributed by atoms with Crippen LogP contribution in [0.1, 0.15) is 29.3 Å². The number of thiocarbonyl (C=S) groups is 1. The summed E-state index contributed by atoms with van der Waals surface area (Å²) < 4.78 is 0. The number of hydrogen-bond acceptors (Lipinski definition) is 2. The van der Waals surface area contributed by atoms with Crippen LogP contribution >= 0.6 is 23.8 Å². The number of nitrogens with zero attached hydrogens (tertiary/aromatic N) is 1. The molecule has 1 aromatic rings. The van der Waals surface area contributed by atoms with Gasteiger partial charge in [0.2, 0.25) is 0 Å². The maximum atomic E-state index is 12.3. The number of carbonyl (C=O) groups excluding carboxylic acids is 1. The maximum absolute atomic E-state index is 12.3. The van der Waals surface area contributed by atoms with Gasteiger partial charge in [-0.05, 0) is 37.6 Å². The lowest BCUT2D eigenvalue weighted by Crippen LogP contribution is -2.37. The van der Waals surface area contributed by atoms with E-state index in [4.69, 9.17) is 29.6 Å². The van der Waals surface area contributed by atoms with E-state index < -0.39 is 0 Å². The average molecular weight is 285 g/mol. The monoisotopic (exact) mass is 284 g/mol. The quantitative estimate of drug-likeness (QED) is 0.865. The Bertz CT molecular complexity index is 456. The molecule has 0 aromatic heterocycles. The molecule has 0 spiro atoms. The van der Waals surface area contributed by atoms with E-state index in [2.05, 4.69) is 0 Å². The molecule has 1 aromatic carbocycles. The Morgan fingerprint density at radius 2 is 2.11 bits per heavy atom. The molecule has 5 heteroatoms. The second-order valence-corrected chi connectivity index (χ2v) is 5.41. The molecule has 2 N–H and O–H groups in total. The van der Waals surface area contributed by atoms with E-state index in [-0.39, 0.29) is 11.9 Å². The van der Waals surface area contributed by atoms with Crippen LogP contribution in [0.2, 0.25) is 5.02 Å². The van der Waals surface area contributed by atoms with E-state index in [0.29, 0.717) is 22.0 Å². The topological polar surface area (TPSA) is 46.3 Å². The second kappa shape index (κ2) is 6.16. The van der Waals surface area contributed by atoms with Gasteiger partial charge < -0.3 is 10.6 Å². The molecule has 0 radical (unpaired) electrons. The van der Waals surface area contributed by atoms with Crippen molar-refractivity contribution in [1.29, 1.82) is 0 Å². The largest absolute Gasteiger partial charge is 0.393 e. The van der Waals surface area contributed by atoms with Crippen molar-refractivity contribution in [2.75, 3.05) is 7.05 Å². The molecule has 0 aliphatic rings. The molecule has 1 unspecified atom stereocenters. The Morgan fingerprint density at radius 3 is 2.61 bits per heavy atom. The summed E-state index contributed by atoms with van der Waals surface area (Å²) in [5.74, 6) is -0.0793. The predicted octanol–water partition coefficient (Wildman–Crippen LogP) is 2.79. The number of halogens is 1. The van der Waals surface area contributed by atoms with Crippen LogP contribution in [0.4, 0.5) is 0 Å². The van der Waals surface area contributed by atoms with Crippen molar-refractivity contribution in [1.82, 2.24) is 4.90 Å². The van der Waals surface area contributed by atoms with Crippen molar-refractivity contribution in [3.63, 3.8) is 0 Å². The fourth-order valence-electron chi connectivity index (χ4n) is 1.69. The smallest absolute Gasteiger partial charge is 0.253 e. The summed E-state index contributed by atoms with van der Waals surface area (Å²) in [7, 11) is 1.74. The zero-order valence-electron chi connectivity index (χ0n) is 10.7. The van der Waals surface area contributed by atoms with Gasteiger partial charge in [0.1, 0.15) is 0 Å². The fourth-order valence-corrected chi connectivity index (χ4v) is 2.22. The zero-order valence-corrected chi connectivity index (χ0v) is 12.3. The molecule has 0 aliphatic heterocycles. The molecule has 1 atom stereocenters. The maximum Gasteiger partial charge on any atom is 0.253 e. The number of nitrogens with two attached hydrogens (primary N) is 1. The molecule has 0 bridgehead atoms. The molecule has 1 rings (SSSR count). The molecule has 0 heterocycles. The van der Waals surface area contributed by atoms with Crippen LogP contribution in [0.3, 0.4) is 0 Å². The van der Waals surface area contributed by atoms with Crippen molar-refractivity contribution in [2.45, 2.75) is 26.3 Å². The van der Waals surface area contributed by atoms with Crippen molar-refractivity contribution >= 4 is 34.7 Å². The van der Waals surface area contributed by atoms with Crippen molar-refractivity contribution in [3.05, 3.63) is 34.3 Å². The highest BCUT2D eigenvalue weighted by Crippen LogP contribution is 2.17. The minimum Gasteiger partial charge on any atom is -0.393 e. The third-order valence-corrected chi connectivity index (χ3v) is 3.15. The standard InChI is InChI=1S/C13H17ClN2OS/c1-8-4-10(7-11(14)5-8)13(17)16(3)9(2)6-12(15)18/h4-5,7,9H,6H2,1-3H3,(H2,15,18). The van der Waals surface area contributed by atoms with E-state index in [1.165, 1.54) is 0 Å². The van der Waals surface area contributed by atoms with Gasteiger partial charge in [-0.1, -0.05) is 23.8 Å². The van der Waals surface area contributed by atoms with Crippen LogP contribution in [0.25, 0.3) is 0 Å². The van der Waals surface area contributed by atoms with Gasteiger partial charge in [-0.25, -0.2) is 0 Å². The lowest BCUT2D eigenvalue weighted by Gasteiger charge is -2.24. The summed E-state index contributed by atoms with van der Waals surface area (Å²) in [6, 6.07) is 5.27. The first-order chi connectivity index (χ1) is 8.31. The van der Waals surface area contributed by atoms with E-state index in [9.17, 15) is 4.79 Å². The number of benzene rings is 1. The highest BCUT2D eigenvalue weighted by atomic mass is 35.5. The van der Waals surface area contributed by atoms with Gasteiger partial charge in [0.15, 0.2) is 0 Å². The van der Waals surface area contributed by atoms with E-state index in [0.717, 1.165) is 5.56 Å². The molecule has 0 fully saturated rings. The summed E-state index contributed by atoms with van der Waals surface area (Å²) in [6.07, 6.45) is 0.511. The van der Waals surface area contributed by atoms with Crippen LogP contribution < -0.4 is 5.73 Å². The van der Waals surface area contributed by atoms with E-state index >= 15 is 0 Å². The van der Waals surface area contributed by atoms with Gasteiger partial charge in [-0.2, -0.15) is 0 Å². The van der Waals surface area contributed by atoms with Gasteiger partial charge >= 0.3 is 0 Å². The SMILES string of the molecule is Cc1cc(Cl)cc(C(=O)N(C)C(C)CC(N)=S)c1. The molecule has 0 saturated carbocycles. The van der Waals surface area contributed by atoms with Crippen molar-refractivity contribution in [3.8, 4) is 0 Å². The summed E-state index contributed by atoms with van der Waals surface area (Å²) in [5.41, 5.74) is 7.03. The minimum absolute atomic E-state index is 0.0331. The number of hydrogen-bond donors (Lipinski definition) is 1. The normalized spacial score (nSPS) is 12.0. The summed E-state index contributed by atoms with van der Waals surface area (Å²) in [4.78, 5) is 14.3. The van der Waals surface area contributed by atoms with Crippen LogP contribution in [0.15, 0.2) is 18.2 Å². The zero-order chi connectivity index (χ0) is 13.9. The Balaban J connectivity index is 2.89. The van der Waals surface area contributed by atoms with Crippen LogP contribution in [-0.2, 0) is 0 Å². The van der Waals surface area contributed by atoms with Crippen LogP contribution in [-0.4, -0.2) is 28.9 Å². The van der Waals surface area contributed by atoms with Gasteiger partial charge in [0.05, 0.1) is 4.99 Å². The second-order valence-electron chi connectivity index (χ2n) is 4.45. The summed E-state index contributed by atoms with van der Waals surface area (Å²) in [5, 5.41) is 0.564. The number of carbonyl (C=O) groups is 1. The van der Waals surface area contributed by atoms with Crippen LogP contribution in [0, 0.1) is 6.92 Å². The van der Waals surface area contributed by atoms with E-state index in [1.54, 1.807) is 18.0 Å². The Morgan fingerprint density at radius 1 is 1.50 bits per heavy atom. The highest BCUT2D eigenvalue weighted by Gasteiger charge is 2.18. The highest BCUT2D eigenvalue weighted by molar-refractivity contribution is 7.80. The van der Waals surface area contributed by atoms with Crippen molar-refractivity contribution < 1.29 is 4.79 Å². The van der Waals surface area contributed by atoms with Gasteiger partial charge in [0.25, 0.3) is 5.91 Å². The summed E-state index contributed by atoms with van der Waals surface area (Å²) >= 11 is 10.8. The fraction of sp³-hybridized carbons (Fsp3) is 0.385. The van der Waals surface area contributed by atoms with Gasteiger partial charge in [-0.15, -0.1) is 0 Å². The third kappa shape index (κ3) is 3.96. The molecule has 0 saturated heterocycles. The number of amides is 1. The Labute approximate surface area is 118 Å². The van der Waals surface area contributed by atoms with Gasteiger partial charge in [0, 0.05) is 30.1 Å². The molecule has 0 aliphatic carbocycles. The third-order valence-electron chi connectivity index (χ3n) is 2.77. The van der Waals surface area contributed by atoms with E-state index in [1.807, 2.05) is 26.0 Å². The first-order valence-corrected chi connectivity index (χ1v) is 6.42. The first kappa shape index (κ1) is 14.9. The molecule has 18 heavy (non-hydrogen) atoms. The molecular formula is C13H17ClN2OS. The summed E-state index contributed by atoms with van der Waals surface area (Å²) in [6.45, 7) is 3.82. The first-order valence-electron chi connectivity index (χ1n) is 5.64. The molecular weight excluding hydrogens is 268 g/mol. The molecule has 98 valence electrons. The predicted molar refractivity (Wildman–Crippen MR) is 79.1 cm³/mol. The lowest BCUT2D eigenvalue weighted by molar-refractivity contribution is 0.0748. The number of rotatable bonds is 4. The minimum atomic E-state index is -0.0793. The Kier molecular flexibility index (Phi) is 5.11. The lowest BCUT2D eigenvalue weighted by atomic mass is 10.1. The number of aryl methyl sites for hydroxylation is 1. The Hall–Kier alpha value is -1.13. The van der Waals surface area contributed by atoms with Crippen molar-refractivity contribution in [2.24, 2.45) is 5.73 Å². The van der Waals surface area contributed by atoms with Crippen LogP contribution in [0.5, 0.6) is 0 Å². The van der Waals surface area contributed by atoms with Gasteiger partial charge in [-0.3, -0.25) is 4.79 Å². The molecule has 3 nitrogen and oxygen atoms in total. The molecule has 1 amide bonds.